The zero-order chi connectivity index (χ0) is 7.82. The SMILES string of the molecule is CO/C=C/CC(C)/C=C/Cl. The zero-order valence-electron chi connectivity index (χ0n) is 6.38. The van der Waals surface area contributed by atoms with Crippen LogP contribution in [0.25, 0.3) is 0 Å². The van der Waals surface area contributed by atoms with Crippen molar-refractivity contribution in [1.82, 2.24) is 0 Å². The van der Waals surface area contributed by atoms with Crippen LogP contribution in [-0.4, -0.2) is 7.11 Å². The van der Waals surface area contributed by atoms with Crippen LogP contribution in [0.15, 0.2) is 23.9 Å². The first kappa shape index (κ1) is 9.57. The average molecular weight is 161 g/mol. The summed E-state index contributed by atoms with van der Waals surface area (Å²) in [5, 5.41) is 0. The van der Waals surface area contributed by atoms with Crippen molar-refractivity contribution in [3.63, 3.8) is 0 Å². The summed E-state index contributed by atoms with van der Waals surface area (Å²) in [5.41, 5.74) is 1.55. The topological polar surface area (TPSA) is 9.23 Å². The number of halogens is 1. The molecule has 0 spiro atoms. The summed E-state index contributed by atoms with van der Waals surface area (Å²) in [6.07, 6.45) is 6.57. The van der Waals surface area contributed by atoms with Crippen molar-refractivity contribution in [2.24, 2.45) is 5.92 Å². The molecule has 0 bridgehead atoms. The number of allylic oxidation sites excluding steroid dienone is 2. The van der Waals surface area contributed by atoms with Crippen molar-refractivity contribution in [2.75, 3.05) is 7.11 Å². The van der Waals surface area contributed by atoms with E-state index in [1.54, 1.807) is 18.9 Å². The van der Waals surface area contributed by atoms with Crippen LogP contribution in [0, 0.1) is 5.92 Å². The molecular formula is C8H13ClO. The van der Waals surface area contributed by atoms with Gasteiger partial charge in [0.15, 0.2) is 0 Å². The summed E-state index contributed by atoms with van der Waals surface area (Å²) < 4.78 is 4.73. The van der Waals surface area contributed by atoms with Gasteiger partial charge in [-0.05, 0) is 18.4 Å². The Balaban J connectivity index is 3.38. The highest BCUT2D eigenvalue weighted by Crippen LogP contribution is 2.04. The molecular weight excluding hydrogens is 148 g/mol. The number of ether oxygens (including phenoxy) is 1. The van der Waals surface area contributed by atoms with Gasteiger partial charge >= 0.3 is 0 Å². The van der Waals surface area contributed by atoms with Crippen molar-refractivity contribution >= 4 is 11.6 Å². The van der Waals surface area contributed by atoms with Crippen LogP contribution >= 0.6 is 11.6 Å². The summed E-state index contributed by atoms with van der Waals surface area (Å²) in [5.74, 6) is 0.490. The van der Waals surface area contributed by atoms with Crippen LogP contribution in [0.5, 0.6) is 0 Å². The maximum absolute atomic E-state index is 5.37. The van der Waals surface area contributed by atoms with Gasteiger partial charge in [0.2, 0.25) is 0 Å². The monoisotopic (exact) mass is 160 g/mol. The van der Waals surface area contributed by atoms with Crippen LogP contribution in [-0.2, 0) is 4.74 Å². The highest BCUT2D eigenvalue weighted by Gasteiger charge is 1.90. The standard InChI is InChI=1S/C8H13ClO/c1-8(5-6-9)4-3-7-10-2/h3,5-8H,4H2,1-2H3/b6-5+,7-3+. The number of rotatable bonds is 4. The number of hydrogen-bond donors (Lipinski definition) is 0. The maximum atomic E-state index is 5.37. The molecule has 0 aliphatic heterocycles. The Morgan fingerprint density at radius 2 is 2.30 bits per heavy atom. The lowest BCUT2D eigenvalue weighted by Gasteiger charge is -1.98. The van der Waals surface area contributed by atoms with E-state index in [0.717, 1.165) is 6.42 Å². The van der Waals surface area contributed by atoms with Gasteiger partial charge in [-0.3, -0.25) is 0 Å². The van der Waals surface area contributed by atoms with Crippen LogP contribution in [0.2, 0.25) is 0 Å². The van der Waals surface area contributed by atoms with E-state index < -0.39 is 0 Å². The Hall–Kier alpha value is -0.430. The first-order valence-electron chi connectivity index (χ1n) is 3.26. The Labute approximate surface area is 67.3 Å². The molecule has 0 N–H and O–H groups in total. The summed E-state index contributed by atoms with van der Waals surface area (Å²) in [4.78, 5) is 0. The van der Waals surface area contributed by atoms with E-state index in [9.17, 15) is 0 Å². The quantitative estimate of drug-likeness (QED) is 0.575. The highest BCUT2D eigenvalue weighted by molar-refractivity contribution is 6.25. The zero-order valence-corrected chi connectivity index (χ0v) is 7.14. The minimum atomic E-state index is 0.490. The lowest BCUT2D eigenvalue weighted by Crippen LogP contribution is -1.84. The third-order valence-electron chi connectivity index (χ3n) is 1.14. The van der Waals surface area contributed by atoms with Gasteiger partial charge in [0.25, 0.3) is 0 Å². The van der Waals surface area contributed by atoms with E-state index in [2.05, 4.69) is 6.92 Å². The highest BCUT2D eigenvalue weighted by atomic mass is 35.5. The maximum Gasteiger partial charge on any atom is 0.0784 e. The Morgan fingerprint density at radius 3 is 2.80 bits per heavy atom. The van der Waals surface area contributed by atoms with Crippen LogP contribution in [0.1, 0.15) is 13.3 Å². The van der Waals surface area contributed by atoms with Gasteiger partial charge in [0.1, 0.15) is 0 Å². The predicted octanol–water partition coefficient (Wildman–Crippen LogP) is 2.93. The second kappa shape index (κ2) is 6.69. The van der Waals surface area contributed by atoms with Gasteiger partial charge in [0, 0.05) is 5.54 Å². The first-order chi connectivity index (χ1) is 4.81. The molecule has 0 aromatic rings. The molecule has 1 atom stereocenters. The largest absolute Gasteiger partial charge is 0.505 e. The average Bonchev–Trinajstić information content (AvgIpc) is 1.89. The molecule has 0 saturated carbocycles. The minimum Gasteiger partial charge on any atom is -0.505 e. The van der Waals surface area contributed by atoms with Gasteiger partial charge < -0.3 is 4.74 Å². The minimum absolute atomic E-state index is 0.490. The molecule has 10 heavy (non-hydrogen) atoms. The van der Waals surface area contributed by atoms with Gasteiger partial charge in [-0.2, -0.15) is 0 Å². The van der Waals surface area contributed by atoms with Crippen LogP contribution < -0.4 is 0 Å². The van der Waals surface area contributed by atoms with E-state index >= 15 is 0 Å². The Morgan fingerprint density at radius 1 is 1.60 bits per heavy atom. The molecule has 2 heteroatoms. The van der Waals surface area contributed by atoms with Crippen LogP contribution in [0.4, 0.5) is 0 Å². The second-order valence-corrected chi connectivity index (χ2v) is 2.39. The predicted molar refractivity (Wildman–Crippen MR) is 44.9 cm³/mol. The second-order valence-electron chi connectivity index (χ2n) is 2.14. The lowest BCUT2D eigenvalue weighted by molar-refractivity contribution is 0.336. The van der Waals surface area contributed by atoms with Crippen molar-refractivity contribution in [3.05, 3.63) is 23.9 Å². The molecule has 58 valence electrons. The van der Waals surface area contributed by atoms with E-state index in [0.29, 0.717) is 5.92 Å². The first-order valence-corrected chi connectivity index (χ1v) is 3.69. The molecule has 0 fully saturated rings. The van der Waals surface area contributed by atoms with E-state index in [-0.39, 0.29) is 0 Å². The Kier molecular flexibility index (Phi) is 6.40. The summed E-state index contributed by atoms with van der Waals surface area (Å²) >= 11 is 5.37. The fourth-order valence-corrected chi connectivity index (χ4v) is 0.818. The molecule has 0 aromatic carbocycles. The van der Waals surface area contributed by atoms with Gasteiger partial charge in [0.05, 0.1) is 13.4 Å². The molecule has 0 saturated heterocycles. The summed E-state index contributed by atoms with van der Waals surface area (Å²) in [7, 11) is 1.64. The molecule has 0 aliphatic carbocycles. The molecule has 0 amide bonds. The summed E-state index contributed by atoms with van der Waals surface area (Å²) in [6.45, 7) is 2.10. The van der Waals surface area contributed by atoms with Gasteiger partial charge in [-0.15, -0.1) is 0 Å². The summed E-state index contributed by atoms with van der Waals surface area (Å²) in [6, 6.07) is 0. The lowest BCUT2D eigenvalue weighted by atomic mass is 10.1. The van der Waals surface area contributed by atoms with Crippen molar-refractivity contribution < 1.29 is 4.74 Å². The van der Waals surface area contributed by atoms with Crippen molar-refractivity contribution in [2.45, 2.75) is 13.3 Å². The van der Waals surface area contributed by atoms with Crippen molar-refractivity contribution in [3.8, 4) is 0 Å². The fourth-order valence-electron chi connectivity index (χ4n) is 0.569. The molecule has 0 aliphatic rings. The number of hydrogen-bond acceptors (Lipinski definition) is 1. The van der Waals surface area contributed by atoms with E-state index in [1.165, 1.54) is 0 Å². The Bertz CT molecular complexity index is 118. The van der Waals surface area contributed by atoms with Gasteiger partial charge in [-0.1, -0.05) is 24.6 Å². The normalized spacial score (nSPS) is 14.7. The smallest absolute Gasteiger partial charge is 0.0784 e. The molecule has 0 aromatic heterocycles. The molecule has 0 radical (unpaired) electrons. The number of methoxy groups -OCH3 is 1. The molecule has 0 rings (SSSR count). The third kappa shape index (κ3) is 5.70. The van der Waals surface area contributed by atoms with E-state index in [1.807, 2.05) is 12.2 Å². The molecule has 0 heterocycles. The van der Waals surface area contributed by atoms with Crippen molar-refractivity contribution in [1.29, 1.82) is 0 Å². The van der Waals surface area contributed by atoms with E-state index in [4.69, 9.17) is 16.3 Å². The fraction of sp³-hybridized carbons (Fsp3) is 0.500. The third-order valence-corrected chi connectivity index (χ3v) is 1.29. The molecule has 1 unspecified atom stereocenters. The van der Waals surface area contributed by atoms with Crippen LogP contribution in [0.3, 0.4) is 0 Å². The molecule has 1 nitrogen and oxygen atoms in total. The van der Waals surface area contributed by atoms with Gasteiger partial charge in [-0.25, -0.2) is 0 Å².